The molecule has 0 aliphatic heterocycles. The first-order chi connectivity index (χ1) is 11.0. The fourth-order valence-electron chi connectivity index (χ4n) is 2.41. The topological polar surface area (TPSA) is 56.1 Å². The average molecular weight is 315 g/mol. The van der Waals surface area contributed by atoms with Crippen molar-refractivity contribution in [3.8, 4) is 5.75 Å². The van der Waals surface area contributed by atoms with E-state index in [0.29, 0.717) is 19.6 Å². The first-order valence-corrected chi connectivity index (χ1v) is 8.02. The molecule has 0 atom stereocenters. The van der Waals surface area contributed by atoms with Crippen LogP contribution in [0.4, 0.5) is 0 Å². The van der Waals surface area contributed by atoms with E-state index in [1.165, 1.54) is 0 Å². The van der Waals surface area contributed by atoms with E-state index in [-0.39, 0.29) is 5.91 Å². The minimum Gasteiger partial charge on any atom is -0.493 e. The largest absolute Gasteiger partial charge is 0.493 e. The summed E-state index contributed by atoms with van der Waals surface area (Å²) in [6, 6.07) is 9.89. The number of aromatic nitrogens is 2. The molecule has 2 aromatic rings. The Bertz CT molecular complexity index is 649. The van der Waals surface area contributed by atoms with E-state index in [4.69, 9.17) is 4.74 Å². The summed E-state index contributed by atoms with van der Waals surface area (Å²) in [6.07, 6.45) is 1.24. The number of aryl methyl sites for hydroxylation is 4. The normalized spacial score (nSPS) is 10.6. The van der Waals surface area contributed by atoms with E-state index in [1.54, 1.807) is 0 Å². The quantitative estimate of drug-likeness (QED) is 0.762. The van der Waals surface area contributed by atoms with Gasteiger partial charge in [0.15, 0.2) is 0 Å². The number of hydrogen-bond acceptors (Lipinski definition) is 3. The number of carbonyl (C=O) groups is 1. The number of amides is 1. The van der Waals surface area contributed by atoms with E-state index in [0.717, 1.165) is 35.7 Å². The maximum Gasteiger partial charge on any atom is 0.223 e. The molecule has 124 valence electrons. The van der Waals surface area contributed by atoms with Gasteiger partial charge in [0, 0.05) is 18.8 Å². The highest BCUT2D eigenvalue weighted by atomic mass is 16.5. The van der Waals surface area contributed by atoms with Gasteiger partial charge in [0.25, 0.3) is 0 Å². The van der Waals surface area contributed by atoms with Crippen molar-refractivity contribution in [2.75, 3.05) is 13.2 Å². The molecule has 5 nitrogen and oxygen atoms in total. The van der Waals surface area contributed by atoms with Crippen LogP contribution in [0.25, 0.3) is 0 Å². The number of carbonyl (C=O) groups excluding carboxylic acids is 1. The Labute approximate surface area is 137 Å². The summed E-state index contributed by atoms with van der Waals surface area (Å²) in [4.78, 5) is 11.8. The Hall–Kier alpha value is -2.30. The van der Waals surface area contributed by atoms with Gasteiger partial charge >= 0.3 is 0 Å². The SMILES string of the molecule is Cc1cccc(OCCC(=O)NCCCn2nc(C)cc2C)c1. The van der Waals surface area contributed by atoms with Crippen molar-refractivity contribution >= 4 is 5.91 Å². The molecule has 0 aliphatic carbocycles. The molecule has 0 bridgehead atoms. The zero-order chi connectivity index (χ0) is 16.7. The molecule has 0 fully saturated rings. The van der Waals surface area contributed by atoms with E-state index in [1.807, 2.05) is 49.7 Å². The van der Waals surface area contributed by atoms with Gasteiger partial charge in [0.1, 0.15) is 5.75 Å². The molecule has 2 rings (SSSR count). The Kier molecular flexibility index (Phi) is 6.20. The smallest absolute Gasteiger partial charge is 0.223 e. The lowest BCUT2D eigenvalue weighted by atomic mass is 10.2. The Morgan fingerprint density at radius 2 is 2.09 bits per heavy atom. The number of rotatable bonds is 8. The van der Waals surface area contributed by atoms with Crippen LogP contribution >= 0.6 is 0 Å². The van der Waals surface area contributed by atoms with Gasteiger partial charge in [-0.25, -0.2) is 0 Å². The molecule has 1 heterocycles. The maximum atomic E-state index is 11.8. The summed E-state index contributed by atoms with van der Waals surface area (Å²) >= 11 is 0. The van der Waals surface area contributed by atoms with E-state index in [2.05, 4.69) is 16.5 Å². The maximum absolute atomic E-state index is 11.8. The second kappa shape index (κ2) is 8.36. The van der Waals surface area contributed by atoms with Crippen LogP contribution in [0, 0.1) is 20.8 Å². The summed E-state index contributed by atoms with van der Waals surface area (Å²) in [5.41, 5.74) is 3.33. The van der Waals surface area contributed by atoms with Crippen molar-refractivity contribution in [2.24, 2.45) is 0 Å². The minimum absolute atomic E-state index is 0.0195. The van der Waals surface area contributed by atoms with Crippen molar-refractivity contribution in [2.45, 2.75) is 40.2 Å². The predicted molar refractivity (Wildman–Crippen MR) is 90.6 cm³/mol. The van der Waals surface area contributed by atoms with Crippen LogP contribution in [0.1, 0.15) is 29.8 Å². The molecule has 0 radical (unpaired) electrons. The second-order valence-corrected chi connectivity index (χ2v) is 5.77. The molecule has 1 aromatic carbocycles. The third-order valence-electron chi connectivity index (χ3n) is 3.56. The molecule has 0 aliphatic rings. The summed E-state index contributed by atoms with van der Waals surface area (Å²) in [5.74, 6) is 0.827. The van der Waals surface area contributed by atoms with Gasteiger partial charge < -0.3 is 10.1 Å². The lowest BCUT2D eigenvalue weighted by Gasteiger charge is -2.08. The molecule has 0 spiro atoms. The van der Waals surface area contributed by atoms with Crippen LogP contribution in [-0.4, -0.2) is 28.8 Å². The monoisotopic (exact) mass is 315 g/mol. The number of ether oxygens (including phenoxy) is 1. The van der Waals surface area contributed by atoms with Crippen molar-refractivity contribution in [3.63, 3.8) is 0 Å². The van der Waals surface area contributed by atoms with E-state index in [9.17, 15) is 4.79 Å². The third-order valence-corrected chi connectivity index (χ3v) is 3.56. The Balaban J connectivity index is 1.59. The highest BCUT2D eigenvalue weighted by molar-refractivity contribution is 5.75. The van der Waals surface area contributed by atoms with Gasteiger partial charge in [0.05, 0.1) is 18.7 Å². The third kappa shape index (κ3) is 5.77. The molecule has 0 saturated carbocycles. The highest BCUT2D eigenvalue weighted by Crippen LogP contribution is 2.12. The zero-order valence-electron chi connectivity index (χ0n) is 14.1. The van der Waals surface area contributed by atoms with Gasteiger partial charge in [0.2, 0.25) is 5.91 Å². The summed E-state index contributed by atoms with van der Waals surface area (Å²) in [7, 11) is 0. The molecular formula is C18H25N3O2. The lowest BCUT2D eigenvalue weighted by Crippen LogP contribution is -2.26. The number of nitrogens with zero attached hydrogens (tertiary/aromatic N) is 2. The molecule has 0 saturated heterocycles. The Morgan fingerprint density at radius 3 is 2.78 bits per heavy atom. The van der Waals surface area contributed by atoms with Crippen LogP contribution < -0.4 is 10.1 Å². The van der Waals surface area contributed by atoms with Crippen LogP contribution in [0.3, 0.4) is 0 Å². The zero-order valence-corrected chi connectivity index (χ0v) is 14.1. The van der Waals surface area contributed by atoms with Gasteiger partial charge in [-0.1, -0.05) is 12.1 Å². The first kappa shape index (κ1) is 17.1. The summed E-state index contributed by atoms with van der Waals surface area (Å²) in [5, 5.41) is 7.32. The van der Waals surface area contributed by atoms with Gasteiger partial charge in [-0.2, -0.15) is 5.10 Å². The van der Waals surface area contributed by atoms with Crippen molar-refractivity contribution in [1.82, 2.24) is 15.1 Å². The van der Waals surface area contributed by atoms with Gasteiger partial charge in [-0.15, -0.1) is 0 Å². The number of hydrogen-bond donors (Lipinski definition) is 1. The standard InChI is InChI=1S/C18H25N3O2/c1-14-6-4-7-17(12-14)23-11-8-18(22)19-9-5-10-21-16(3)13-15(2)20-21/h4,6-7,12-13H,5,8-11H2,1-3H3,(H,19,22). The van der Waals surface area contributed by atoms with E-state index < -0.39 is 0 Å². The fourth-order valence-corrected chi connectivity index (χ4v) is 2.41. The lowest BCUT2D eigenvalue weighted by molar-refractivity contribution is -0.121. The van der Waals surface area contributed by atoms with E-state index >= 15 is 0 Å². The molecule has 23 heavy (non-hydrogen) atoms. The molecule has 1 amide bonds. The van der Waals surface area contributed by atoms with Crippen LogP contribution in [0.5, 0.6) is 5.75 Å². The molecule has 1 aromatic heterocycles. The molecule has 0 unspecified atom stereocenters. The molecule has 1 N–H and O–H groups in total. The van der Waals surface area contributed by atoms with Crippen molar-refractivity contribution < 1.29 is 9.53 Å². The average Bonchev–Trinajstić information content (AvgIpc) is 2.82. The van der Waals surface area contributed by atoms with Gasteiger partial charge in [-0.05, 0) is 51.0 Å². The second-order valence-electron chi connectivity index (χ2n) is 5.77. The van der Waals surface area contributed by atoms with Crippen molar-refractivity contribution in [3.05, 3.63) is 47.3 Å². The minimum atomic E-state index is 0.0195. The van der Waals surface area contributed by atoms with Crippen LogP contribution in [0.2, 0.25) is 0 Å². The first-order valence-electron chi connectivity index (χ1n) is 8.02. The number of nitrogens with one attached hydrogen (secondary N) is 1. The van der Waals surface area contributed by atoms with Crippen LogP contribution in [-0.2, 0) is 11.3 Å². The molecular weight excluding hydrogens is 290 g/mol. The summed E-state index contributed by atoms with van der Waals surface area (Å²) < 4.78 is 7.55. The highest BCUT2D eigenvalue weighted by Gasteiger charge is 2.03. The number of benzene rings is 1. The van der Waals surface area contributed by atoms with Crippen LogP contribution in [0.15, 0.2) is 30.3 Å². The summed E-state index contributed by atoms with van der Waals surface area (Å²) in [6.45, 7) is 7.91. The fraction of sp³-hybridized carbons (Fsp3) is 0.444. The van der Waals surface area contributed by atoms with Crippen molar-refractivity contribution in [1.29, 1.82) is 0 Å². The Morgan fingerprint density at radius 1 is 1.26 bits per heavy atom. The van der Waals surface area contributed by atoms with Gasteiger partial charge in [-0.3, -0.25) is 9.48 Å². The predicted octanol–water partition coefficient (Wildman–Crippen LogP) is 2.78. The molecule has 5 heteroatoms.